The molecule has 2 rings (SSSR count). The fourth-order valence-electron chi connectivity index (χ4n) is 1.88. The smallest absolute Gasteiger partial charge is 0.279 e. The van der Waals surface area contributed by atoms with E-state index in [-0.39, 0.29) is 5.03 Å². The van der Waals surface area contributed by atoms with Crippen molar-refractivity contribution in [2.45, 2.75) is 18.5 Å². The standard InChI is InChI=1S/C14H16BrN3O2S/c1-10-5-12(15)7-13(6-10)18-21(19,20)14-4-3-11(8-16-2)9-17-14/h3-7,9,16,18H,8H2,1-2H3. The molecule has 0 aliphatic carbocycles. The van der Waals surface area contributed by atoms with Crippen LogP contribution < -0.4 is 10.0 Å². The van der Waals surface area contributed by atoms with Gasteiger partial charge < -0.3 is 5.32 Å². The number of sulfonamides is 1. The molecule has 1 aromatic heterocycles. The van der Waals surface area contributed by atoms with Gasteiger partial charge in [0.15, 0.2) is 5.03 Å². The molecule has 2 N–H and O–H groups in total. The molecule has 0 spiro atoms. The second-order valence-corrected chi connectivity index (χ2v) is 7.20. The Labute approximate surface area is 133 Å². The summed E-state index contributed by atoms with van der Waals surface area (Å²) in [7, 11) is -1.86. The number of pyridine rings is 1. The molecule has 21 heavy (non-hydrogen) atoms. The molecule has 1 aromatic carbocycles. The second kappa shape index (κ2) is 6.55. The van der Waals surface area contributed by atoms with Crippen molar-refractivity contribution in [3.63, 3.8) is 0 Å². The van der Waals surface area contributed by atoms with Crippen LogP contribution >= 0.6 is 15.9 Å². The van der Waals surface area contributed by atoms with Gasteiger partial charge in [0.25, 0.3) is 10.0 Å². The molecule has 7 heteroatoms. The normalized spacial score (nSPS) is 11.4. The lowest BCUT2D eigenvalue weighted by Gasteiger charge is -2.09. The van der Waals surface area contributed by atoms with Gasteiger partial charge in [0, 0.05) is 17.2 Å². The maximum atomic E-state index is 12.3. The number of benzene rings is 1. The number of hydrogen-bond acceptors (Lipinski definition) is 4. The fraction of sp³-hybridized carbons (Fsp3) is 0.214. The molecule has 0 saturated carbocycles. The third-order valence-electron chi connectivity index (χ3n) is 2.75. The van der Waals surface area contributed by atoms with Crippen molar-refractivity contribution >= 4 is 31.6 Å². The summed E-state index contributed by atoms with van der Waals surface area (Å²) in [6.07, 6.45) is 1.55. The van der Waals surface area contributed by atoms with Crippen LogP contribution in [0.25, 0.3) is 0 Å². The van der Waals surface area contributed by atoms with Gasteiger partial charge in [-0.2, -0.15) is 8.42 Å². The van der Waals surface area contributed by atoms with Crippen LogP contribution in [0.5, 0.6) is 0 Å². The zero-order valence-corrected chi connectivity index (χ0v) is 14.1. The summed E-state index contributed by atoms with van der Waals surface area (Å²) in [5.41, 5.74) is 2.39. The first kappa shape index (κ1) is 15.9. The molecule has 0 amide bonds. The van der Waals surface area contributed by atoms with E-state index in [0.717, 1.165) is 15.6 Å². The summed E-state index contributed by atoms with van der Waals surface area (Å²) in [6, 6.07) is 8.62. The van der Waals surface area contributed by atoms with Gasteiger partial charge in [-0.3, -0.25) is 4.72 Å². The van der Waals surface area contributed by atoms with Crippen molar-refractivity contribution in [3.8, 4) is 0 Å². The molecular formula is C14H16BrN3O2S. The molecule has 0 bridgehead atoms. The maximum Gasteiger partial charge on any atom is 0.279 e. The van der Waals surface area contributed by atoms with E-state index in [2.05, 4.69) is 31.0 Å². The first-order chi connectivity index (χ1) is 9.90. The number of aromatic nitrogens is 1. The molecule has 2 aromatic rings. The largest absolute Gasteiger partial charge is 0.316 e. The molecule has 5 nitrogen and oxygen atoms in total. The average Bonchev–Trinajstić information content (AvgIpc) is 2.38. The Bertz CT molecular complexity index is 710. The minimum absolute atomic E-state index is 0.0000170. The van der Waals surface area contributed by atoms with Crippen molar-refractivity contribution in [1.82, 2.24) is 10.3 Å². The quantitative estimate of drug-likeness (QED) is 0.849. The highest BCUT2D eigenvalue weighted by molar-refractivity contribution is 9.10. The van der Waals surface area contributed by atoms with Gasteiger partial charge in [-0.15, -0.1) is 0 Å². The highest BCUT2D eigenvalue weighted by Crippen LogP contribution is 2.21. The fourth-order valence-corrected chi connectivity index (χ4v) is 3.46. The van der Waals surface area contributed by atoms with Crippen LogP contribution in [0.2, 0.25) is 0 Å². The summed E-state index contributed by atoms with van der Waals surface area (Å²) in [5, 5.41) is 2.98. The lowest BCUT2D eigenvalue weighted by molar-refractivity contribution is 0.597. The van der Waals surface area contributed by atoms with E-state index >= 15 is 0 Å². The van der Waals surface area contributed by atoms with Crippen LogP contribution in [0, 0.1) is 6.92 Å². The van der Waals surface area contributed by atoms with Crippen molar-refractivity contribution in [1.29, 1.82) is 0 Å². The molecule has 1 heterocycles. The van der Waals surface area contributed by atoms with Gasteiger partial charge in [0.05, 0.1) is 5.69 Å². The summed E-state index contributed by atoms with van der Waals surface area (Å²) in [5.74, 6) is 0. The van der Waals surface area contributed by atoms with E-state index in [1.807, 2.05) is 20.0 Å². The van der Waals surface area contributed by atoms with Gasteiger partial charge in [0.2, 0.25) is 0 Å². The Kier molecular flexibility index (Phi) is 4.97. The highest BCUT2D eigenvalue weighted by atomic mass is 79.9. The maximum absolute atomic E-state index is 12.3. The molecular weight excluding hydrogens is 354 g/mol. The van der Waals surface area contributed by atoms with E-state index < -0.39 is 10.0 Å². The van der Waals surface area contributed by atoms with Crippen LogP contribution in [0.15, 0.2) is 46.0 Å². The van der Waals surface area contributed by atoms with Crippen LogP contribution in [0.3, 0.4) is 0 Å². The van der Waals surface area contributed by atoms with Crippen LogP contribution in [-0.4, -0.2) is 20.4 Å². The Morgan fingerprint density at radius 2 is 2.00 bits per heavy atom. The molecule has 112 valence electrons. The van der Waals surface area contributed by atoms with Gasteiger partial charge >= 0.3 is 0 Å². The number of rotatable bonds is 5. The van der Waals surface area contributed by atoms with E-state index in [4.69, 9.17) is 0 Å². The Hall–Kier alpha value is -1.44. The van der Waals surface area contributed by atoms with Gasteiger partial charge in [0.1, 0.15) is 0 Å². The first-order valence-electron chi connectivity index (χ1n) is 6.30. The van der Waals surface area contributed by atoms with Crippen LogP contribution in [-0.2, 0) is 16.6 Å². The van der Waals surface area contributed by atoms with Crippen molar-refractivity contribution < 1.29 is 8.42 Å². The molecule has 0 saturated heterocycles. The van der Waals surface area contributed by atoms with E-state index in [9.17, 15) is 8.42 Å². The van der Waals surface area contributed by atoms with Crippen LogP contribution in [0.1, 0.15) is 11.1 Å². The third kappa shape index (κ3) is 4.26. The number of anilines is 1. The van der Waals surface area contributed by atoms with Crippen molar-refractivity contribution in [2.75, 3.05) is 11.8 Å². The molecule has 0 unspecified atom stereocenters. The Balaban J connectivity index is 2.25. The van der Waals surface area contributed by atoms with E-state index in [0.29, 0.717) is 12.2 Å². The lowest BCUT2D eigenvalue weighted by atomic mass is 10.2. The number of aryl methyl sites for hydroxylation is 1. The summed E-state index contributed by atoms with van der Waals surface area (Å²) < 4.78 is 27.9. The van der Waals surface area contributed by atoms with E-state index in [1.54, 1.807) is 24.4 Å². The predicted octanol–water partition coefficient (Wildman–Crippen LogP) is 2.67. The average molecular weight is 370 g/mol. The Morgan fingerprint density at radius 1 is 1.24 bits per heavy atom. The van der Waals surface area contributed by atoms with Crippen molar-refractivity contribution in [3.05, 3.63) is 52.1 Å². The molecule has 0 aliphatic heterocycles. The number of hydrogen-bond donors (Lipinski definition) is 2. The monoisotopic (exact) mass is 369 g/mol. The van der Waals surface area contributed by atoms with E-state index in [1.165, 1.54) is 6.07 Å². The Morgan fingerprint density at radius 3 is 2.57 bits per heavy atom. The first-order valence-corrected chi connectivity index (χ1v) is 8.58. The molecule has 0 aliphatic rings. The molecule has 0 radical (unpaired) electrons. The third-order valence-corrected chi connectivity index (χ3v) is 4.50. The second-order valence-electron chi connectivity index (χ2n) is 4.66. The summed E-state index contributed by atoms with van der Waals surface area (Å²) >= 11 is 3.35. The number of nitrogens with one attached hydrogen (secondary N) is 2. The minimum Gasteiger partial charge on any atom is -0.316 e. The minimum atomic E-state index is -3.68. The molecule has 0 atom stereocenters. The lowest BCUT2D eigenvalue weighted by Crippen LogP contribution is -2.15. The predicted molar refractivity (Wildman–Crippen MR) is 86.7 cm³/mol. The van der Waals surface area contributed by atoms with Gasteiger partial charge in [-0.1, -0.05) is 22.0 Å². The van der Waals surface area contributed by atoms with Gasteiger partial charge in [-0.25, -0.2) is 4.98 Å². The highest BCUT2D eigenvalue weighted by Gasteiger charge is 2.16. The summed E-state index contributed by atoms with van der Waals surface area (Å²) in [4.78, 5) is 4.01. The number of nitrogens with zero attached hydrogens (tertiary/aromatic N) is 1. The van der Waals surface area contributed by atoms with Gasteiger partial charge in [-0.05, 0) is 49.4 Å². The van der Waals surface area contributed by atoms with Crippen LogP contribution in [0.4, 0.5) is 5.69 Å². The van der Waals surface area contributed by atoms with Crippen molar-refractivity contribution in [2.24, 2.45) is 0 Å². The zero-order chi connectivity index (χ0) is 15.5. The molecule has 0 fully saturated rings. The SMILES string of the molecule is CNCc1ccc(S(=O)(=O)Nc2cc(C)cc(Br)c2)nc1. The zero-order valence-electron chi connectivity index (χ0n) is 11.7. The topological polar surface area (TPSA) is 71.1 Å². The summed E-state index contributed by atoms with van der Waals surface area (Å²) in [6.45, 7) is 2.54. The number of halogens is 1.